The van der Waals surface area contributed by atoms with E-state index in [2.05, 4.69) is 5.32 Å². The maximum Gasteiger partial charge on any atom is 0.252 e. The van der Waals surface area contributed by atoms with Crippen LogP contribution < -0.4 is 5.32 Å². The van der Waals surface area contributed by atoms with Crippen LogP contribution >= 0.6 is 11.6 Å². The molecule has 0 aromatic heterocycles. The third kappa shape index (κ3) is 1.53. The fraction of sp³-hybridized carbons (Fsp3) is 0.133. The highest BCUT2D eigenvalue weighted by molar-refractivity contribution is 6.30. The number of hydrogen-bond acceptors (Lipinski definition) is 1. The Balaban J connectivity index is 2.17. The molecule has 0 saturated carbocycles. The monoisotopic (exact) mass is 257 g/mol. The molecule has 1 amide bonds. The Kier molecular flexibility index (Phi) is 2.42. The van der Waals surface area contributed by atoms with Crippen molar-refractivity contribution in [1.29, 1.82) is 0 Å². The summed E-state index contributed by atoms with van der Waals surface area (Å²) >= 11 is 5.91. The summed E-state index contributed by atoms with van der Waals surface area (Å²) in [5, 5.41) is 3.74. The van der Waals surface area contributed by atoms with Crippen LogP contribution in [0.5, 0.6) is 0 Å². The van der Waals surface area contributed by atoms with Crippen molar-refractivity contribution in [3.63, 3.8) is 0 Å². The molecule has 3 heteroatoms. The molecule has 1 heterocycles. The van der Waals surface area contributed by atoms with Crippen LogP contribution in [0.3, 0.4) is 0 Å². The summed E-state index contributed by atoms with van der Waals surface area (Å²) in [4.78, 5) is 12.0. The highest BCUT2D eigenvalue weighted by atomic mass is 35.5. The lowest BCUT2D eigenvalue weighted by molar-refractivity contribution is 0.0945. The standard InChI is InChI=1S/C15H12ClNO/c1-15(10-6-8-11(16)9-7-10)13-5-3-2-4-12(13)14(18)17-15/h2-9H,1H3,(H,17,18). The number of rotatable bonds is 1. The number of amides is 1. The molecule has 0 bridgehead atoms. The van der Waals surface area contributed by atoms with Crippen LogP contribution in [0.1, 0.15) is 28.4 Å². The quantitative estimate of drug-likeness (QED) is 0.834. The largest absolute Gasteiger partial charge is 0.339 e. The Morgan fingerprint density at radius 3 is 2.44 bits per heavy atom. The van der Waals surface area contributed by atoms with Crippen LogP contribution in [-0.4, -0.2) is 5.91 Å². The van der Waals surface area contributed by atoms with E-state index in [4.69, 9.17) is 11.6 Å². The van der Waals surface area contributed by atoms with Gasteiger partial charge in [0.25, 0.3) is 5.91 Å². The van der Waals surface area contributed by atoms with Gasteiger partial charge in [0.15, 0.2) is 0 Å². The van der Waals surface area contributed by atoms with E-state index in [-0.39, 0.29) is 5.91 Å². The van der Waals surface area contributed by atoms with E-state index in [1.165, 1.54) is 0 Å². The van der Waals surface area contributed by atoms with Crippen LogP contribution in [0.2, 0.25) is 5.02 Å². The third-order valence-corrected chi connectivity index (χ3v) is 3.75. The summed E-state index contributed by atoms with van der Waals surface area (Å²) in [6.45, 7) is 2.01. The number of nitrogens with one attached hydrogen (secondary N) is 1. The van der Waals surface area contributed by atoms with Crippen LogP contribution in [0.15, 0.2) is 48.5 Å². The number of fused-ring (bicyclic) bond motifs is 1. The predicted octanol–water partition coefficient (Wildman–Crippen LogP) is 3.35. The van der Waals surface area contributed by atoms with Gasteiger partial charge in [-0.3, -0.25) is 4.79 Å². The van der Waals surface area contributed by atoms with Crippen LogP contribution in [0.25, 0.3) is 0 Å². The molecule has 0 saturated heterocycles. The van der Waals surface area contributed by atoms with Crippen molar-refractivity contribution in [2.75, 3.05) is 0 Å². The molecular formula is C15H12ClNO. The molecule has 0 fully saturated rings. The molecule has 0 aliphatic carbocycles. The van der Waals surface area contributed by atoms with Gasteiger partial charge in [-0.2, -0.15) is 0 Å². The van der Waals surface area contributed by atoms with Crippen LogP contribution in [0.4, 0.5) is 0 Å². The van der Waals surface area contributed by atoms with E-state index < -0.39 is 5.54 Å². The number of halogens is 1. The third-order valence-electron chi connectivity index (χ3n) is 3.50. The van der Waals surface area contributed by atoms with Crippen molar-refractivity contribution in [1.82, 2.24) is 5.32 Å². The molecule has 3 rings (SSSR count). The maximum atomic E-state index is 12.0. The molecule has 90 valence electrons. The van der Waals surface area contributed by atoms with Gasteiger partial charge in [0.2, 0.25) is 0 Å². The number of benzene rings is 2. The average molecular weight is 258 g/mol. The van der Waals surface area contributed by atoms with Crippen molar-refractivity contribution in [3.05, 3.63) is 70.2 Å². The molecule has 1 atom stereocenters. The van der Waals surface area contributed by atoms with Gasteiger partial charge in [0.1, 0.15) is 0 Å². The van der Waals surface area contributed by atoms with Crippen LogP contribution in [0, 0.1) is 0 Å². The molecule has 0 spiro atoms. The molecule has 18 heavy (non-hydrogen) atoms. The summed E-state index contributed by atoms with van der Waals surface area (Å²) in [7, 11) is 0. The first-order chi connectivity index (χ1) is 8.61. The summed E-state index contributed by atoms with van der Waals surface area (Å²) in [5.41, 5.74) is 2.32. The highest BCUT2D eigenvalue weighted by Gasteiger charge is 2.39. The normalized spacial score (nSPS) is 21.6. The van der Waals surface area contributed by atoms with E-state index in [0.717, 1.165) is 16.7 Å². The first kappa shape index (κ1) is 11.3. The lowest BCUT2D eigenvalue weighted by Crippen LogP contribution is -2.37. The molecule has 1 aliphatic heterocycles. The average Bonchev–Trinajstić information content (AvgIpc) is 2.64. The van der Waals surface area contributed by atoms with E-state index in [9.17, 15) is 4.79 Å². The highest BCUT2D eigenvalue weighted by Crippen LogP contribution is 2.36. The van der Waals surface area contributed by atoms with Crippen molar-refractivity contribution < 1.29 is 4.79 Å². The predicted molar refractivity (Wildman–Crippen MR) is 71.8 cm³/mol. The maximum absolute atomic E-state index is 12.0. The van der Waals surface area contributed by atoms with Gasteiger partial charge < -0.3 is 5.32 Å². The lowest BCUT2D eigenvalue weighted by Gasteiger charge is -2.26. The minimum Gasteiger partial charge on any atom is -0.339 e. The zero-order chi connectivity index (χ0) is 12.8. The zero-order valence-electron chi connectivity index (χ0n) is 9.91. The Labute approximate surface area is 111 Å². The van der Waals surface area contributed by atoms with Crippen molar-refractivity contribution in [3.8, 4) is 0 Å². The van der Waals surface area contributed by atoms with Gasteiger partial charge in [0, 0.05) is 10.6 Å². The van der Waals surface area contributed by atoms with Gasteiger partial charge in [-0.15, -0.1) is 0 Å². The second kappa shape index (κ2) is 3.85. The van der Waals surface area contributed by atoms with Gasteiger partial charge in [-0.1, -0.05) is 41.9 Å². The van der Waals surface area contributed by atoms with Crippen molar-refractivity contribution in [2.24, 2.45) is 0 Å². The fourth-order valence-corrected chi connectivity index (χ4v) is 2.62. The first-order valence-electron chi connectivity index (χ1n) is 5.79. The van der Waals surface area contributed by atoms with Gasteiger partial charge >= 0.3 is 0 Å². The van der Waals surface area contributed by atoms with Gasteiger partial charge in [-0.05, 0) is 36.2 Å². The molecule has 2 aromatic carbocycles. The molecule has 1 aliphatic rings. The smallest absolute Gasteiger partial charge is 0.252 e. The van der Waals surface area contributed by atoms with Crippen molar-refractivity contribution in [2.45, 2.75) is 12.5 Å². The summed E-state index contributed by atoms with van der Waals surface area (Å²) in [5.74, 6) is -0.0250. The summed E-state index contributed by atoms with van der Waals surface area (Å²) in [6, 6.07) is 15.3. The minimum absolute atomic E-state index is 0.0250. The van der Waals surface area contributed by atoms with E-state index in [1.807, 2.05) is 55.5 Å². The number of hydrogen-bond donors (Lipinski definition) is 1. The summed E-state index contributed by atoms with van der Waals surface area (Å²) < 4.78 is 0. The number of carbonyl (C=O) groups is 1. The Morgan fingerprint density at radius 2 is 1.72 bits per heavy atom. The Hall–Kier alpha value is -1.80. The molecule has 1 unspecified atom stereocenters. The number of carbonyl (C=O) groups excluding carboxylic acids is 1. The van der Waals surface area contributed by atoms with Crippen molar-refractivity contribution >= 4 is 17.5 Å². The SMILES string of the molecule is CC1(c2ccc(Cl)cc2)NC(=O)c2ccccc21. The molecule has 2 nitrogen and oxygen atoms in total. The minimum atomic E-state index is -0.474. The lowest BCUT2D eigenvalue weighted by atomic mass is 9.85. The second-order valence-corrected chi connectivity index (χ2v) is 5.07. The second-order valence-electron chi connectivity index (χ2n) is 4.63. The zero-order valence-corrected chi connectivity index (χ0v) is 10.7. The topological polar surface area (TPSA) is 29.1 Å². The van der Waals surface area contributed by atoms with E-state index >= 15 is 0 Å². The first-order valence-corrected chi connectivity index (χ1v) is 6.17. The van der Waals surface area contributed by atoms with E-state index in [1.54, 1.807) is 0 Å². The molecule has 1 N–H and O–H groups in total. The van der Waals surface area contributed by atoms with Gasteiger partial charge in [0.05, 0.1) is 5.54 Å². The van der Waals surface area contributed by atoms with Crippen LogP contribution in [-0.2, 0) is 5.54 Å². The Morgan fingerprint density at radius 1 is 1.06 bits per heavy atom. The molecule has 2 aromatic rings. The fourth-order valence-electron chi connectivity index (χ4n) is 2.49. The Bertz CT molecular complexity index is 621. The molecular weight excluding hydrogens is 246 g/mol. The summed E-state index contributed by atoms with van der Waals surface area (Å²) in [6.07, 6.45) is 0. The molecule has 0 radical (unpaired) electrons. The van der Waals surface area contributed by atoms with Gasteiger partial charge in [-0.25, -0.2) is 0 Å². The van der Waals surface area contributed by atoms with E-state index in [0.29, 0.717) is 5.02 Å².